The van der Waals surface area contributed by atoms with Gasteiger partial charge in [-0.3, -0.25) is 4.79 Å². The molecule has 188 valence electrons. The third kappa shape index (κ3) is 10.5. The third-order valence-electron chi connectivity index (χ3n) is 4.35. The Morgan fingerprint density at radius 2 is 1.08 bits per heavy atom. The van der Waals surface area contributed by atoms with E-state index in [2.05, 4.69) is 35.7 Å². The van der Waals surface area contributed by atoms with E-state index in [0.717, 1.165) is 10.0 Å². The lowest BCUT2D eigenvalue weighted by Crippen LogP contribution is -1.89. The molecule has 0 saturated carbocycles. The second-order valence-corrected chi connectivity index (χ2v) is 7.34. The molecule has 0 aliphatic heterocycles. The Kier molecular flexibility index (Phi) is 16.1. The molecule has 3 aromatic carbocycles. The molecule has 0 unspecified atom stereocenters. The van der Waals surface area contributed by atoms with Crippen LogP contribution >= 0.6 is 15.9 Å². The van der Waals surface area contributed by atoms with E-state index in [-0.39, 0.29) is 0 Å². The van der Waals surface area contributed by atoms with Gasteiger partial charge in [0.1, 0.15) is 41.7 Å². The van der Waals surface area contributed by atoms with Crippen molar-refractivity contribution in [2.24, 2.45) is 0 Å². The summed E-state index contributed by atoms with van der Waals surface area (Å²) in [6.07, 6.45) is 2.42. The minimum atomic E-state index is 0.433. The first kappa shape index (κ1) is 32.2. The molecule has 0 spiro atoms. The number of carbonyl (C=O) groups is 1. The van der Waals surface area contributed by atoms with E-state index >= 15 is 0 Å². The number of nitrogens with zero attached hydrogens (tertiary/aromatic N) is 3. The van der Waals surface area contributed by atoms with E-state index in [4.69, 9.17) is 30.0 Å². The molecule has 3 aromatic rings. The van der Waals surface area contributed by atoms with Crippen LogP contribution in [0.25, 0.3) is 6.08 Å². The van der Waals surface area contributed by atoms with Gasteiger partial charge in [0.2, 0.25) is 0 Å². The lowest BCUT2D eigenvalue weighted by Gasteiger charge is -2.02. The largest absolute Gasteiger partial charge is 0.495 e. The molecule has 0 atom stereocenters. The van der Waals surface area contributed by atoms with Gasteiger partial charge in [0.05, 0.1) is 38.0 Å². The summed E-state index contributed by atoms with van der Waals surface area (Å²) in [5.74, 6) is 1.62. The summed E-state index contributed by atoms with van der Waals surface area (Å²) in [6, 6.07) is 21.3. The van der Waals surface area contributed by atoms with Gasteiger partial charge in [0, 0.05) is 10.0 Å². The van der Waals surface area contributed by atoms with Crippen LogP contribution in [0.4, 0.5) is 0 Å². The van der Waals surface area contributed by atoms with Crippen molar-refractivity contribution >= 4 is 28.3 Å². The molecule has 8 heteroatoms. The summed E-state index contributed by atoms with van der Waals surface area (Å²) >= 11 is 3.28. The smallest absolute Gasteiger partial charge is 0.150 e. The van der Waals surface area contributed by atoms with E-state index in [1.165, 1.54) is 13.2 Å². The van der Waals surface area contributed by atoms with Gasteiger partial charge < -0.3 is 14.2 Å². The molecular weight excluding hydrogens is 534 g/mol. The second-order valence-electron chi connectivity index (χ2n) is 6.42. The van der Waals surface area contributed by atoms with Crippen LogP contribution in [0.5, 0.6) is 17.2 Å². The maximum Gasteiger partial charge on any atom is 0.150 e. The van der Waals surface area contributed by atoms with E-state index in [9.17, 15) is 4.79 Å². The molecule has 0 N–H and O–H groups in total. The van der Waals surface area contributed by atoms with Crippen molar-refractivity contribution in [2.75, 3.05) is 21.3 Å². The zero-order chi connectivity index (χ0) is 28.2. The van der Waals surface area contributed by atoms with Gasteiger partial charge in [-0.1, -0.05) is 40.7 Å². The Balaban J connectivity index is 0.000000508. The fourth-order valence-electron chi connectivity index (χ4n) is 2.56. The van der Waals surface area contributed by atoms with E-state index in [1.807, 2.05) is 24.3 Å². The van der Waals surface area contributed by atoms with E-state index < -0.39 is 0 Å². The number of nitriles is 3. The number of methoxy groups -OCH3 is 3. The Morgan fingerprint density at radius 1 is 0.703 bits per heavy atom. The monoisotopic (exact) mass is 559 g/mol. The van der Waals surface area contributed by atoms with Crippen LogP contribution in [-0.2, 0) is 0 Å². The van der Waals surface area contributed by atoms with Gasteiger partial charge in [0.15, 0.2) is 0 Å². The van der Waals surface area contributed by atoms with Crippen LogP contribution < -0.4 is 14.2 Å². The number of hydrogen-bond donors (Lipinski definition) is 0. The molecule has 0 amide bonds. The van der Waals surface area contributed by atoms with Crippen molar-refractivity contribution in [2.45, 2.75) is 0 Å². The molecular formula is C29H26BrN3O4. The van der Waals surface area contributed by atoms with Gasteiger partial charge in [-0.15, -0.1) is 13.2 Å². The maximum absolute atomic E-state index is 10.3. The minimum Gasteiger partial charge on any atom is -0.495 e. The topological polar surface area (TPSA) is 116 Å². The lowest BCUT2D eigenvalue weighted by atomic mass is 10.1. The molecule has 0 fully saturated rings. The van der Waals surface area contributed by atoms with Crippen molar-refractivity contribution < 1.29 is 19.0 Å². The average molecular weight is 560 g/mol. The molecule has 0 bridgehead atoms. The molecule has 0 radical (unpaired) electrons. The summed E-state index contributed by atoms with van der Waals surface area (Å²) in [4.78, 5) is 10.3. The number of benzene rings is 3. The number of rotatable bonds is 5. The summed E-state index contributed by atoms with van der Waals surface area (Å²) in [5.41, 5.74) is 2.98. The SMILES string of the molecule is C=C.C=Cc1ccc(C#N)c(OC)c1.COc1cc(Br)ccc1C#N.COc1cc(C=O)ccc1C#N. The second kappa shape index (κ2) is 18.5. The average Bonchev–Trinajstić information content (AvgIpc) is 2.97. The van der Waals surface area contributed by atoms with Crippen LogP contribution in [0.15, 0.2) is 78.8 Å². The number of aldehydes is 1. The van der Waals surface area contributed by atoms with Gasteiger partial charge >= 0.3 is 0 Å². The molecule has 0 heterocycles. The van der Waals surface area contributed by atoms with Crippen molar-refractivity contribution in [1.29, 1.82) is 15.8 Å². The molecule has 3 rings (SSSR count). The highest BCUT2D eigenvalue weighted by molar-refractivity contribution is 9.10. The molecule has 0 aromatic heterocycles. The predicted octanol–water partition coefficient (Wildman–Crippen LogP) is 6.72. The van der Waals surface area contributed by atoms with Crippen LogP contribution in [0.2, 0.25) is 0 Å². The highest BCUT2D eigenvalue weighted by Crippen LogP contribution is 2.22. The van der Waals surface area contributed by atoms with Crippen LogP contribution in [0, 0.1) is 34.0 Å². The highest BCUT2D eigenvalue weighted by Gasteiger charge is 2.02. The summed E-state index contributed by atoms with van der Waals surface area (Å²) in [7, 11) is 4.55. The quantitative estimate of drug-likeness (QED) is 0.251. The standard InChI is InChI=1S/C10H9NO.C9H7NO2.C8H6BrNO.C2H4/c1-3-8-4-5-9(7-11)10(6-8)12-2;1-12-9-4-7(6-11)2-3-8(9)5-10;1-11-8-4-7(9)3-2-6(8)5-10;1-2/h3-6H,1H2,2H3;2-4,6H,1H3;2-4H,1H3;1-2H2. The van der Waals surface area contributed by atoms with Gasteiger partial charge in [0.25, 0.3) is 0 Å². The Morgan fingerprint density at radius 3 is 1.46 bits per heavy atom. The van der Waals surface area contributed by atoms with Crippen molar-refractivity contribution in [1.82, 2.24) is 0 Å². The molecule has 37 heavy (non-hydrogen) atoms. The van der Waals surface area contributed by atoms with Gasteiger partial charge in [-0.05, 0) is 48.0 Å². The van der Waals surface area contributed by atoms with Crippen molar-refractivity contribution in [3.05, 3.63) is 107 Å². The predicted molar refractivity (Wildman–Crippen MR) is 148 cm³/mol. The van der Waals surface area contributed by atoms with E-state index in [1.54, 1.807) is 62.8 Å². The van der Waals surface area contributed by atoms with Crippen LogP contribution in [0.3, 0.4) is 0 Å². The van der Waals surface area contributed by atoms with Crippen molar-refractivity contribution in [3.63, 3.8) is 0 Å². The zero-order valence-electron chi connectivity index (χ0n) is 20.8. The Hall–Kier alpha value is -4.84. The molecule has 0 aliphatic rings. The third-order valence-corrected chi connectivity index (χ3v) is 4.84. The highest BCUT2D eigenvalue weighted by atomic mass is 79.9. The fourth-order valence-corrected chi connectivity index (χ4v) is 2.90. The minimum absolute atomic E-state index is 0.433. The number of hydrogen-bond acceptors (Lipinski definition) is 7. The molecule has 7 nitrogen and oxygen atoms in total. The van der Waals surface area contributed by atoms with Crippen LogP contribution in [-0.4, -0.2) is 27.6 Å². The lowest BCUT2D eigenvalue weighted by molar-refractivity contribution is 0.112. The zero-order valence-corrected chi connectivity index (χ0v) is 22.4. The normalized spacial score (nSPS) is 8.35. The Bertz CT molecular complexity index is 1250. The summed E-state index contributed by atoms with van der Waals surface area (Å²) in [5, 5.41) is 25.8. The van der Waals surface area contributed by atoms with E-state index in [0.29, 0.717) is 45.8 Å². The number of ether oxygens (including phenoxy) is 3. The molecule has 0 saturated heterocycles. The first-order valence-electron chi connectivity index (χ1n) is 10.4. The summed E-state index contributed by atoms with van der Waals surface area (Å²) < 4.78 is 15.8. The fraction of sp³-hybridized carbons (Fsp3) is 0.103. The van der Waals surface area contributed by atoms with Crippen LogP contribution in [0.1, 0.15) is 32.6 Å². The van der Waals surface area contributed by atoms with Gasteiger partial charge in [-0.25, -0.2) is 0 Å². The number of halogens is 1. The van der Waals surface area contributed by atoms with Gasteiger partial charge in [-0.2, -0.15) is 15.8 Å². The maximum atomic E-state index is 10.3. The molecule has 0 aliphatic carbocycles. The Labute approximate surface area is 226 Å². The first-order chi connectivity index (χ1) is 17.9. The first-order valence-corrected chi connectivity index (χ1v) is 11.2. The number of carbonyl (C=O) groups excluding carboxylic acids is 1. The summed E-state index contributed by atoms with van der Waals surface area (Å²) in [6.45, 7) is 9.62. The van der Waals surface area contributed by atoms with Crippen molar-refractivity contribution in [3.8, 4) is 35.5 Å².